The molecule has 1 fully saturated rings. The monoisotopic (exact) mass is 317 g/mol. The average Bonchev–Trinajstić information content (AvgIpc) is 2.46. The predicted molar refractivity (Wildman–Crippen MR) is 77.4 cm³/mol. The maximum atomic E-state index is 12.9. The van der Waals surface area contributed by atoms with Crippen LogP contribution < -0.4 is 0 Å². The van der Waals surface area contributed by atoms with Crippen molar-refractivity contribution in [3.05, 3.63) is 35.4 Å². The summed E-state index contributed by atoms with van der Waals surface area (Å²) in [4.78, 5) is 2.02. The maximum Gasteiger partial charge on any atom is 0.416 e. The van der Waals surface area contributed by atoms with Gasteiger partial charge in [-0.2, -0.15) is 13.2 Å². The quantitative estimate of drug-likeness (QED) is 0.876. The molecule has 0 bridgehead atoms. The topological polar surface area (TPSA) is 43.7 Å². The SMILES string of the molecule is OCC1CCCN(CC(O)Cc2ccccc2C(F)(F)F)C1. The van der Waals surface area contributed by atoms with Crippen molar-refractivity contribution in [3.63, 3.8) is 0 Å². The lowest BCUT2D eigenvalue weighted by atomic mass is 9.97. The lowest BCUT2D eigenvalue weighted by Gasteiger charge is -2.33. The Labute approximate surface area is 128 Å². The number of nitrogens with zero attached hydrogens (tertiary/aromatic N) is 1. The molecule has 1 aliphatic heterocycles. The molecule has 1 aliphatic rings. The molecule has 3 nitrogen and oxygen atoms in total. The first kappa shape index (κ1) is 17.2. The van der Waals surface area contributed by atoms with Crippen LogP contribution in [0.25, 0.3) is 0 Å². The van der Waals surface area contributed by atoms with Gasteiger partial charge in [-0.25, -0.2) is 0 Å². The predicted octanol–water partition coefficient (Wildman–Crippen LogP) is 2.31. The molecule has 0 spiro atoms. The van der Waals surface area contributed by atoms with Crippen LogP contribution in [-0.2, 0) is 12.6 Å². The second kappa shape index (κ2) is 7.44. The van der Waals surface area contributed by atoms with Crippen LogP contribution in [0.2, 0.25) is 0 Å². The van der Waals surface area contributed by atoms with Crippen molar-refractivity contribution in [1.29, 1.82) is 0 Å². The lowest BCUT2D eigenvalue weighted by Crippen LogP contribution is -2.41. The lowest BCUT2D eigenvalue weighted by molar-refractivity contribution is -0.138. The highest BCUT2D eigenvalue weighted by Crippen LogP contribution is 2.32. The number of hydrogen-bond donors (Lipinski definition) is 2. The third-order valence-electron chi connectivity index (χ3n) is 4.11. The van der Waals surface area contributed by atoms with Crippen LogP contribution in [0.15, 0.2) is 24.3 Å². The first-order chi connectivity index (χ1) is 10.4. The van der Waals surface area contributed by atoms with Crippen molar-refractivity contribution in [3.8, 4) is 0 Å². The number of rotatable bonds is 5. The van der Waals surface area contributed by atoms with Crippen LogP contribution in [-0.4, -0.2) is 47.5 Å². The number of piperidine rings is 1. The number of β-amino-alcohol motifs (C(OH)–C–C–N with tert-alkyl or cyclic N) is 1. The summed E-state index contributed by atoms with van der Waals surface area (Å²) in [7, 11) is 0. The molecule has 2 unspecified atom stereocenters. The van der Waals surface area contributed by atoms with Gasteiger partial charge in [-0.15, -0.1) is 0 Å². The fourth-order valence-corrected chi connectivity index (χ4v) is 3.06. The van der Waals surface area contributed by atoms with Crippen LogP contribution in [0.4, 0.5) is 13.2 Å². The van der Waals surface area contributed by atoms with Gasteiger partial charge in [-0.05, 0) is 36.9 Å². The van der Waals surface area contributed by atoms with Crippen LogP contribution in [0.5, 0.6) is 0 Å². The van der Waals surface area contributed by atoms with E-state index in [9.17, 15) is 23.4 Å². The van der Waals surface area contributed by atoms with Crippen molar-refractivity contribution in [2.75, 3.05) is 26.2 Å². The van der Waals surface area contributed by atoms with Gasteiger partial charge in [0.1, 0.15) is 0 Å². The summed E-state index contributed by atoms with van der Waals surface area (Å²) in [5.41, 5.74) is -0.556. The Kier molecular flexibility index (Phi) is 5.83. The summed E-state index contributed by atoms with van der Waals surface area (Å²) in [6.45, 7) is 1.95. The number of aliphatic hydroxyl groups excluding tert-OH is 2. The standard InChI is InChI=1S/C16H22F3NO2/c17-16(18,19)15-6-2-1-5-13(15)8-14(22)10-20-7-3-4-12(9-20)11-21/h1-2,5-6,12,14,21-22H,3-4,7-11H2. The van der Waals surface area contributed by atoms with Gasteiger partial charge in [0.2, 0.25) is 0 Å². The Morgan fingerprint density at radius 2 is 2.00 bits per heavy atom. The molecule has 2 rings (SSSR count). The first-order valence-corrected chi connectivity index (χ1v) is 7.56. The summed E-state index contributed by atoms with van der Waals surface area (Å²) in [5.74, 6) is 0.198. The second-order valence-electron chi connectivity index (χ2n) is 5.96. The molecule has 1 aromatic carbocycles. The number of alkyl halides is 3. The Balaban J connectivity index is 1.96. The zero-order chi connectivity index (χ0) is 16.2. The average molecular weight is 317 g/mol. The molecule has 6 heteroatoms. The van der Waals surface area contributed by atoms with Crippen molar-refractivity contribution >= 4 is 0 Å². The van der Waals surface area contributed by atoms with Gasteiger partial charge in [0.15, 0.2) is 0 Å². The molecule has 124 valence electrons. The van der Waals surface area contributed by atoms with E-state index in [0.29, 0.717) is 13.1 Å². The largest absolute Gasteiger partial charge is 0.416 e. The molecule has 1 heterocycles. The summed E-state index contributed by atoms with van der Waals surface area (Å²) in [6.07, 6.45) is -3.36. The van der Waals surface area contributed by atoms with Crippen molar-refractivity contribution in [2.45, 2.75) is 31.5 Å². The van der Waals surface area contributed by atoms with E-state index in [-0.39, 0.29) is 24.5 Å². The fraction of sp³-hybridized carbons (Fsp3) is 0.625. The summed E-state index contributed by atoms with van der Waals surface area (Å²) >= 11 is 0. The molecule has 0 aromatic heterocycles. The van der Waals surface area contributed by atoms with E-state index >= 15 is 0 Å². The molecular formula is C16H22F3NO2. The minimum absolute atomic E-state index is 0.0179. The Morgan fingerprint density at radius 3 is 2.68 bits per heavy atom. The van der Waals surface area contributed by atoms with Crippen molar-refractivity contribution in [2.24, 2.45) is 5.92 Å². The van der Waals surface area contributed by atoms with E-state index < -0.39 is 17.8 Å². The van der Waals surface area contributed by atoms with E-state index in [2.05, 4.69) is 0 Å². The zero-order valence-corrected chi connectivity index (χ0v) is 12.4. The summed E-state index contributed by atoms with van der Waals surface area (Å²) in [5, 5.41) is 19.3. The van der Waals surface area contributed by atoms with Gasteiger partial charge in [0.25, 0.3) is 0 Å². The second-order valence-corrected chi connectivity index (χ2v) is 5.96. The highest BCUT2D eigenvalue weighted by molar-refractivity contribution is 5.30. The minimum atomic E-state index is -4.40. The Morgan fingerprint density at radius 1 is 1.27 bits per heavy atom. The molecule has 0 saturated carbocycles. The highest BCUT2D eigenvalue weighted by Gasteiger charge is 2.33. The first-order valence-electron chi connectivity index (χ1n) is 7.56. The fourth-order valence-electron chi connectivity index (χ4n) is 3.06. The molecule has 2 atom stereocenters. The molecule has 1 aromatic rings. The zero-order valence-electron chi connectivity index (χ0n) is 12.4. The van der Waals surface area contributed by atoms with Crippen LogP contribution in [0.3, 0.4) is 0 Å². The van der Waals surface area contributed by atoms with Gasteiger partial charge in [0.05, 0.1) is 11.7 Å². The molecule has 0 radical (unpaired) electrons. The van der Waals surface area contributed by atoms with E-state index in [0.717, 1.165) is 25.5 Å². The van der Waals surface area contributed by atoms with Gasteiger partial charge < -0.3 is 15.1 Å². The smallest absolute Gasteiger partial charge is 0.396 e. The van der Waals surface area contributed by atoms with Gasteiger partial charge >= 0.3 is 6.18 Å². The summed E-state index contributed by atoms with van der Waals surface area (Å²) < 4.78 is 38.8. The molecule has 22 heavy (non-hydrogen) atoms. The maximum absolute atomic E-state index is 12.9. The van der Waals surface area contributed by atoms with Crippen molar-refractivity contribution < 1.29 is 23.4 Å². The van der Waals surface area contributed by atoms with E-state index in [1.165, 1.54) is 12.1 Å². The normalized spacial score (nSPS) is 21.8. The molecule has 0 amide bonds. The van der Waals surface area contributed by atoms with Crippen LogP contribution in [0.1, 0.15) is 24.0 Å². The number of aliphatic hydroxyl groups is 2. The number of hydrogen-bond acceptors (Lipinski definition) is 3. The molecule has 1 saturated heterocycles. The third-order valence-corrected chi connectivity index (χ3v) is 4.11. The van der Waals surface area contributed by atoms with Crippen LogP contribution >= 0.6 is 0 Å². The molecule has 0 aliphatic carbocycles. The number of benzene rings is 1. The van der Waals surface area contributed by atoms with Crippen molar-refractivity contribution in [1.82, 2.24) is 4.90 Å². The van der Waals surface area contributed by atoms with Crippen LogP contribution in [0, 0.1) is 5.92 Å². The van der Waals surface area contributed by atoms with Gasteiger partial charge in [-0.1, -0.05) is 18.2 Å². The Bertz CT molecular complexity index is 479. The van der Waals surface area contributed by atoms with E-state index in [1.54, 1.807) is 6.07 Å². The Hall–Kier alpha value is -1.11. The minimum Gasteiger partial charge on any atom is -0.396 e. The number of likely N-dealkylation sites (tertiary alicyclic amines) is 1. The van der Waals surface area contributed by atoms with E-state index in [4.69, 9.17) is 0 Å². The molecule has 2 N–H and O–H groups in total. The highest BCUT2D eigenvalue weighted by atomic mass is 19.4. The van der Waals surface area contributed by atoms with E-state index in [1.807, 2.05) is 4.90 Å². The summed E-state index contributed by atoms with van der Waals surface area (Å²) in [6, 6.07) is 5.37. The number of halogens is 3. The van der Waals surface area contributed by atoms with Gasteiger partial charge in [-0.3, -0.25) is 0 Å². The molecular weight excluding hydrogens is 295 g/mol. The van der Waals surface area contributed by atoms with Gasteiger partial charge in [0, 0.05) is 26.1 Å². The third kappa shape index (κ3) is 4.69.